The van der Waals surface area contributed by atoms with Crippen molar-refractivity contribution in [1.29, 1.82) is 0 Å². The summed E-state index contributed by atoms with van der Waals surface area (Å²) in [7, 11) is 0. The van der Waals surface area contributed by atoms with E-state index in [-0.39, 0.29) is 31.1 Å². The summed E-state index contributed by atoms with van der Waals surface area (Å²) in [6.07, 6.45) is 89.5. The number of hydrogen-bond acceptors (Lipinski definition) is 6. The van der Waals surface area contributed by atoms with Gasteiger partial charge in [-0.1, -0.05) is 366 Å². The highest BCUT2D eigenvalue weighted by molar-refractivity contribution is 5.71. The molecular formula is C77H146O6. The molecule has 0 fully saturated rings. The van der Waals surface area contributed by atoms with Crippen molar-refractivity contribution in [2.24, 2.45) is 0 Å². The topological polar surface area (TPSA) is 78.9 Å². The maximum Gasteiger partial charge on any atom is 0.306 e. The summed E-state index contributed by atoms with van der Waals surface area (Å²) in [5, 5.41) is 0. The minimum atomic E-state index is -0.774. The Bertz CT molecular complexity index is 1340. The van der Waals surface area contributed by atoms with E-state index in [1.54, 1.807) is 0 Å². The van der Waals surface area contributed by atoms with Crippen LogP contribution in [-0.2, 0) is 28.6 Å². The highest BCUT2D eigenvalue weighted by atomic mass is 16.6. The molecule has 490 valence electrons. The standard InChI is InChI=1S/C77H146O6/c1-4-7-10-13-16-19-22-25-28-30-32-33-34-35-36-37-38-39-40-41-42-43-44-46-47-49-52-55-58-61-64-67-70-76(79)82-73-74(72-81-75(78)69-66-63-60-57-54-51-27-24-21-18-15-12-9-6-3)83-77(80)71-68-65-62-59-56-53-50-48-45-31-29-26-23-20-17-14-11-8-5-2/h24,26-27,29,74H,4-23,25,28,30-73H2,1-3H3/b27-24-,29-26-. The molecule has 0 saturated carbocycles. The molecule has 1 atom stereocenters. The van der Waals surface area contributed by atoms with E-state index in [4.69, 9.17) is 14.2 Å². The molecule has 0 aliphatic rings. The molecule has 0 N–H and O–H groups in total. The highest BCUT2D eigenvalue weighted by Gasteiger charge is 2.20. The number of ether oxygens (including phenoxy) is 3. The van der Waals surface area contributed by atoms with E-state index in [1.165, 1.54) is 327 Å². The van der Waals surface area contributed by atoms with Crippen LogP contribution in [0.25, 0.3) is 0 Å². The maximum atomic E-state index is 13.0. The summed E-state index contributed by atoms with van der Waals surface area (Å²) in [4.78, 5) is 38.5. The molecule has 1 unspecified atom stereocenters. The molecule has 0 rings (SSSR count). The van der Waals surface area contributed by atoms with Crippen molar-refractivity contribution in [2.45, 2.75) is 438 Å². The van der Waals surface area contributed by atoms with E-state index in [0.717, 1.165) is 64.2 Å². The molecule has 6 heteroatoms. The first-order chi connectivity index (χ1) is 41.0. The van der Waals surface area contributed by atoms with Crippen LogP contribution in [0.5, 0.6) is 0 Å². The fourth-order valence-electron chi connectivity index (χ4n) is 11.7. The molecule has 0 aliphatic heterocycles. The molecule has 0 bridgehead atoms. The van der Waals surface area contributed by atoms with Crippen molar-refractivity contribution < 1.29 is 28.6 Å². The fourth-order valence-corrected chi connectivity index (χ4v) is 11.7. The summed E-state index contributed by atoms with van der Waals surface area (Å²) in [6.45, 7) is 6.70. The summed E-state index contributed by atoms with van der Waals surface area (Å²) in [5.74, 6) is -0.848. The normalized spacial score (nSPS) is 12.1. The van der Waals surface area contributed by atoms with Gasteiger partial charge in [-0.15, -0.1) is 0 Å². The number of hydrogen-bond donors (Lipinski definition) is 0. The number of rotatable bonds is 71. The smallest absolute Gasteiger partial charge is 0.306 e. The molecule has 0 aromatic rings. The summed E-state index contributed by atoms with van der Waals surface area (Å²) < 4.78 is 17.0. The average Bonchev–Trinajstić information content (AvgIpc) is 3.49. The van der Waals surface area contributed by atoms with Gasteiger partial charge in [0.05, 0.1) is 0 Å². The zero-order chi connectivity index (χ0) is 59.9. The van der Waals surface area contributed by atoms with Crippen molar-refractivity contribution >= 4 is 17.9 Å². The van der Waals surface area contributed by atoms with Crippen molar-refractivity contribution in [3.8, 4) is 0 Å². The number of carbonyl (C=O) groups excluding carboxylic acids is 3. The average molecular weight is 1170 g/mol. The van der Waals surface area contributed by atoms with Crippen LogP contribution in [0.1, 0.15) is 432 Å². The van der Waals surface area contributed by atoms with Gasteiger partial charge in [0.25, 0.3) is 0 Å². The third kappa shape index (κ3) is 70.5. The van der Waals surface area contributed by atoms with Crippen LogP contribution >= 0.6 is 0 Å². The zero-order valence-corrected chi connectivity index (χ0v) is 56.5. The van der Waals surface area contributed by atoms with Gasteiger partial charge in [0.2, 0.25) is 0 Å². The van der Waals surface area contributed by atoms with Crippen LogP contribution in [0.4, 0.5) is 0 Å². The van der Waals surface area contributed by atoms with Crippen LogP contribution in [0, 0.1) is 0 Å². The molecule has 0 amide bonds. The number of unbranched alkanes of at least 4 members (excludes halogenated alkanes) is 56. The van der Waals surface area contributed by atoms with Gasteiger partial charge in [0.1, 0.15) is 13.2 Å². The molecule has 6 nitrogen and oxygen atoms in total. The Kier molecular flexibility index (Phi) is 70.5. The van der Waals surface area contributed by atoms with E-state index in [2.05, 4.69) is 45.1 Å². The monoisotopic (exact) mass is 1170 g/mol. The van der Waals surface area contributed by atoms with E-state index in [0.29, 0.717) is 19.3 Å². The number of carbonyl (C=O) groups is 3. The van der Waals surface area contributed by atoms with Crippen LogP contribution < -0.4 is 0 Å². The van der Waals surface area contributed by atoms with Gasteiger partial charge >= 0.3 is 17.9 Å². The second kappa shape index (κ2) is 72.4. The zero-order valence-electron chi connectivity index (χ0n) is 56.5. The lowest BCUT2D eigenvalue weighted by atomic mass is 10.0. The molecule has 0 heterocycles. The van der Waals surface area contributed by atoms with Gasteiger partial charge in [-0.05, 0) is 70.6 Å². The van der Waals surface area contributed by atoms with Crippen molar-refractivity contribution in [1.82, 2.24) is 0 Å². The van der Waals surface area contributed by atoms with Gasteiger partial charge < -0.3 is 14.2 Å². The highest BCUT2D eigenvalue weighted by Crippen LogP contribution is 2.19. The van der Waals surface area contributed by atoms with E-state index >= 15 is 0 Å². The van der Waals surface area contributed by atoms with Crippen molar-refractivity contribution in [2.75, 3.05) is 13.2 Å². The van der Waals surface area contributed by atoms with Crippen LogP contribution in [0.15, 0.2) is 24.3 Å². The molecule has 0 radical (unpaired) electrons. The third-order valence-corrected chi connectivity index (χ3v) is 17.4. The summed E-state index contributed by atoms with van der Waals surface area (Å²) in [6, 6.07) is 0. The second-order valence-electron chi connectivity index (χ2n) is 25.9. The molecule has 0 aromatic heterocycles. The van der Waals surface area contributed by atoms with Crippen LogP contribution in [0.3, 0.4) is 0 Å². The Balaban J connectivity index is 4.13. The van der Waals surface area contributed by atoms with Crippen molar-refractivity contribution in [3.05, 3.63) is 24.3 Å². The quantitative estimate of drug-likeness (QED) is 0.0261. The Labute approximate surface area is 519 Å². The lowest BCUT2D eigenvalue weighted by molar-refractivity contribution is -0.167. The predicted octanol–water partition coefficient (Wildman–Crippen LogP) is 26.1. The first-order valence-electron chi connectivity index (χ1n) is 37.8. The van der Waals surface area contributed by atoms with Gasteiger partial charge in [0.15, 0.2) is 6.10 Å². The van der Waals surface area contributed by atoms with Gasteiger partial charge in [-0.25, -0.2) is 0 Å². The van der Waals surface area contributed by atoms with Gasteiger partial charge in [0, 0.05) is 19.3 Å². The predicted molar refractivity (Wildman–Crippen MR) is 363 cm³/mol. The van der Waals surface area contributed by atoms with E-state index in [1.807, 2.05) is 0 Å². The molecule has 0 saturated heterocycles. The third-order valence-electron chi connectivity index (χ3n) is 17.4. The molecule has 0 spiro atoms. The Morgan fingerprint density at radius 3 is 0.602 bits per heavy atom. The Morgan fingerprint density at radius 1 is 0.229 bits per heavy atom. The van der Waals surface area contributed by atoms with Crippen LogP contribution in [0.2, 0.25) is 0 Å². The molecule has 0 aromatic carbocycles. The lowest BCUT2D eigenvalue weighted by Gasteiger charge is -2.18. The lowest BCUT2D eigenvalue weighted by Crippen LogP contribution is -2.30. The first-order valence-corrected chi connectivity index (χ1v) is 37.8. The second-order valence-corrected chi connectivity index (χ2v) is 25.9. The molecule has 83 heavy (non-hydrogen) atoms. The summed E-state index contributed by atoms with van der Waals surface area (Å²) >= 11 is 0. The molecular weight excluding hydrogens is 1020 g/mol. The SMILES string of the molecule is CCCCCCC/C=C\CCCCCCCC(=O)OCC(COC(=O)CCCCCCCCCCCCCCCCCCCCCCCCCCCCCCCCCC)OC(=O)CCCCCCCCCCC/C=C\CCCCCCCC. The first kappa shape index (κ1) is 80.9. The largest absolute Gasteiger partial charge is 0.462 e. The van der Waals surface area contributed by atoms with Crippen LogP contribution in [-0.4, -0.2) is 37.2 Å². The van der Waals surface area contributed by atoms with E-state index in [9.17, 15) is 14.4 Å². The Hall–Kier alpha value is -2.11. The Morgan fingerprint density at radius 2 is 0.398 bits per heavy atom. The van der Waals surface area contributed by atoms with E-state index < -0.39 is 6.10 Å². The van der Waals surface area contributed by atoms with Gasteiger partial charge in [-0.2, -0.15) is 0 Å². The fraction of sp³-hybridized carbons (Fsp3) is 0.909. The summed E-state index contributed by atoms with van der Waals surface area (Å²) in [5.41, 5.74) is 0. The number of esters is 3. The van der Waals surface area contributed by atoms with Gasteiger partial charge in [-0.3, -0.25) is 14.4 Å². The minimum absolute atomic E-state index is 0.0692. The number of allylic oxidation sites excluding steroid dienone is 4. The maximum absolute atomic E-state index is 13.0. The molecule has 0 aliphatic carbocycles. The van der Waals surface area contributed by atoms with Crippen molar-refractivity contribution in [3.63, 3.8) is 0 Å². The minimum Gasteiger partial charge on any atom is -0.462 e.